The van der Waals surface area contributed by atoms with Crippen LogP contribution in [0.25, 0.3) is 11.0 Å². The van der Waals surface area contributed by atoms with E-state index in [1.165, 1.54) is 5.69 Å². The molecule has 1 atom stereocenters. The fraction of sp³-hybridized carbons (Fsp3) is 0.476. The SMILES string of the molecule is CCCn1ncc(C(=O)N2CCC[C@H](c3cc4cc(C)cnc4[nH]3)C2)c1C. The molecule has 0 unspecified atom stereocenters. The van der Waals surface area contributed by atoms with Gasteiger partial charge in [0.2, 0.25) is 0 Å². The first-order valence-electron chi connectivity index (χ1n) is 9.83. The first-order chi connectivity index (χ1) is 13.1. The Bertz CT molecular complexity index is 970. The van der Waals surface area contributed by atoms with Crippen molar-refractivity contribution in [2.45, 2.75) is 52.5 Å². The molecular weight excluding hydrogens is 338 g/mol. The van der Waals surface area contributed by atoms with Gasteiger partial charge in [-0.1, -0.05) is 6.92 Å². The number of nitrogens with zero attached hydrogens (tertiary/aromatic N) is 4. The molecule has 1 N–H and O–H groups in total. The summed E-state index contributed by atoms with van der Waals surface area (Å²) in [6, 6.07) is 4.35. The standard InChI is InChI=1S/C21H27N5O/c1-4-7-26-15(3)18(12-23-26)21(27)25-8-5-6-16(13-25)19-10-17-9-14(2)11-22-20(17)24-19/h9-12,16H,4-8,13H2,1-3H3,(H,22,24)/t16-/m0/s1. The van der Waals surface area contributed by atoms with Crippen molar-refractivity contribution in [1.29, 1.82) is 0 Å². The quantitative estimate of drug-likeness (QED) is 0.764. The number of aromatic amines is 1. The molecule has 1 aliphatic rings. The number of piperidine rings is 1. The predicted octanol–water partition coefficient (Wildman–Crippen LogP) is 3.81. The van der Waals surface area contributed by atoms with E-state index in [1.807, 2.05) is 22.7 Å². The molecule has 1 fully saturated rings. The highest BCUT2D eigenvalue weighted by atomic mass is 16.2. The van der Waals surface area contributed by atoms with E-state index in [1.54, 1.807) is 6.20 Å². The van der Waals surface area contributed by atoms with E-state index in [2.05, 4.69) is 41.0 Å². The van der Waals surface area contributed by atoms with Gasteiger partial charge in [-0.05, 0) is 50.8 Å². The van der Waals surface area contributed by atoms with E-state index in [-0.39, 0.29) is 5.91 Å². The van der Waals surface area contributed by atoms with Gasteiger partial charge in [-0.3, -0.25) is 9.48 Å². The molecule has 3 aromatic rings. The smallest absolute Gasteiger partial charge is 0.257 e. The van der Waals surface area contributed by atoms with Crippen LogP contribution in [0.15, 0.2) is 24.5 Å². The number of H-pyrrole nitrogens is 1. The van der Waals surface area contributed by atoms with Crippen LogP contribution in [-0.2, 0) is 6.54 Å². The van der Waals surface area contributed by atoms with Crippen LogP contribution in [0.2, 0.25) is 0 Å². The minimum Gasteiger partial charge on any atom is -0.343 e. The number of fused-ring (bicyclic) bond motifs is 1. The molecule has 6 nitrogen and oxygen atoms in total. The highest BCUT2D eigenvalue weighted by molar-refractivity contribution is 5.95. The molecule has 0 aliphatic carbocycles. The maximum absolute atomic E-state index is 13.1. The lowest BCUT2D eigenvalue weighted by Gasteiger charge is -2.32. The maximum atomic E-state index is 13.1. The zero-order valence-electron chi connectivity index (χ0n) is 16.3. The summed E-state index contributed by atoms with van der Waals surface area (Å²) in [7, 11) is 0. The number of likely N-dealkylation sites (tertiary alicyclic amines) is 1. The fourth-order valence-corrected chi connectivity index (χ4v) is 4.05. The van der Waals surface area contributed by atoms with E-state index >= 15 is 0 Å². The van der Waals surface area contributed by atoms with Gasteiger partial charge in [-0.2, -0.15) is 5.10 Å². The van der Waals surface area contributed by atoms with Crippen LogP contribution in [-0.4, -0.2) is 43.6 Å². The van der Waals surface area contributed by atoms with Crippen LogP contribution in [0, 0.1) is 13.8 Å². The Morgan fingerprint density at radius 2 is 2.15 bits per heavy atom. The molecule has 1 aliphatic heterocycles. The fourth-order valence-electron chi connectivity index (χ4n) is 4.05. The van der Waals surface area contributed by atoms with E-state index in [9.17, 15) is 4.79 Å². The lowest BCUT2D eigenvalue weighted by molar-refractivity contribution is 0.0705. The van der Waals surface area contributed by atoms with E-state index in [0.717, 1.165) is 66.8 Å². The van der Waals surface area contributed by atoms with Gasteiger partial charge in [0.1, 0.15) is 5.65 Å². The number of carbonyl (C=O) groups excluding carboxylic acids is 1. The summed E-state index contributed by atoms with van der Waals surface area (Å²) in [5, 5.41) is 5.53. The van der Waals surface area contributed by atoms with Crippen molar-refractivity contribution in [3.63, 3.8) is 0 Å². The minimum absolute atomic E-state index is 0.102. The van der Waals surface area contributed by atoms with E-state index in [4.69, 9.17) is 0 Å². The molecule has 1 saturated heterocycles. The topological polar surface area (TPSA) is 66.8 Å². The summed E-state index contributed by atoms with van der Waals surface area (Å²) in [4.78, 5) is 23.0. The Morgan fingerprint density at radius 1 is 1.30 bits per heavy atom. The van der Waals surface area contributed by atoms with Gasteiger partial charge in [0.15, 0.2) is 0 Å². The van der Waals surface area contributed by atoms with Gasteiger partial charge in [0.05, 0.1) is 11.8 Å². The normalized spacial score (nSPS) is 17.6. The van der Waals surface area contributed by atoms with Crippen molar-refractivity contribution in [2.24, 2.45) is 0 Å². The van der Waals surface area contributed by atoms with E-state index in [0.29, 0.717) is 5.92 Å². The highest BCUT2D eigenvalue weighted by Gasteiger charge is 2.28. The Labute approximate surface area is 159 Å². The van der Waals surface area contributed by atoms with Crippen LogP contribution in [0.1, 0.15) is 59.4 Å². The molecule has 1 amide bonds. The molecular formula is C21H27N5O. The molecule has 0 spiro atoms. The average molecular weight is 365 g/mol. The van der Waals surface area contributed by atoms with Crippen LogP contribution >= 0.6 is 0 Å². The molecule has 27 heavy (non-hydrogen) atoms. The van der Waals surface area contributed by atoms with Crippen LogP contribution in [0.3, 0.4) is 0 Å². The number of hydrogen-bond acceptors (Lipinski definition) is 3. The molecule has 4 rings (SSSR count). The number of rotatable bonds is 4. The number of hydrogen-bond donors (Lipinski definition) is 1. The van der Waals surface area contributed by atoms with Crippen LogP contribution < -0.4 is 0 Å². The van der Waals surface area contributed by atoms with Crippen molar-refractivity contribution in [3.05, 3.63) is 47.0 Å². The van der Waals surface area contributed by atoms with Gasteiger partial charge in [-0.25, -0.2) is 4.98 Å². The molecule has 0 bridgehead atoms. The van der Waals surface area contributed by atoms with Gasteiger partial charge >= 0.3 is 0 Å². The van der Waals surface area contributed by atoms with Crippen molar-refractivity contribution in [2.75, 3.05) is 13.1 Å². The Balaban J connectivity index is 1.54. The third-order valence-electron chi connectivity index (χ3n) is 5.55. The van der Waals surface area contributed by atoms with Gasteiger partial charge in [0.25, 0.3) is 5.91 Å². The molecule has 142 valence electrons. The summed E-state index contributed by atoms with van der Waals surface area (Å²) >= 11 is 0. The molecule has 3 aromatic heterocycles. The summed E-state index contributed by atoms with van der Waals surface area (Å²) in [5.41, 5.74) is 4.97. The molecule has 4 heterocycles. The first-order valence-corrected chi connectivity index (χ1v) is 9.83. The lowest BCUT2D eigenvalue weighted by atomic mass is 9.94. The minimum atomic E-state index is 0.102. The second kappa shape index (κ2) is 7.18. The molecule has 0 aromatic carbocycles. The second-order valence-electron chi connectivity index (χ2n) is 7.63. The summed E-state index contributed by atoms with van der Waals surface area (Å²) in [5.74, 6) is 0.424. The third kappa shape index (κ3) is 3.36. The number of amides is 1. The Hall–Kier alpha value is -2.63. The zero-order valence-corrected chi connectivity index (χ0v) is 16.3. The van der Waals surface area contributed by atoms with Gasteiger partial charge < -0.3 is 9.88 Å². The Kier molecular flexibility index (Phi) is 4.72. The highest BCUT2D eigenvalue weighted by Crippen LogP contribution is 2.29. The van der Waals surface area contributed by atoms with Crippen molar-refractivity contribution in [1.82, 2.24) is 24.6 Å². The van der Waals surface area contributed by atoms with Crippen molar-refractivity contribution < 1.29 is 4.79 Å². The zero-order chi connectivity index (χ0) is 19.0. The van der Waals surface area contributed by atoms with Crippen molar-refractivity contribution in [3.8, 4) is 0 Å². The first kappa shape index (κ1) is 17.8. The van der Waals surface area contributed by atoms with Crippen LogP contribution in [0.5, 0.6) is 0 Å². The largest absolute Gasteiger partial charge is 0.343 e. The van der Waals surface area contributed by atoms with Gasteiger partial charge in [0, 0.05) is 48.5 Å². The number of nitrogens with one attached hydrogen (secondary N) is 1. The van der Waals surface area contributed by atoms with Crippen molar-refractivity contribution >= 4 is 16.9 Å². The summed E-state index contributed by atoms with van der Waals surface area (Å²) in [6.07, 6.45) is 6.72. The third-order valence-corrected chi connectivity index (χ3v) is 5.55. The van der Waals surface area contributed by atoms with Gasteiger partial charge in [-0.15, -0.1) is 0 Å². The number of aryl methyl sites for hydroxylation is 2. The molecule has 0 saturated carbocycles. The summed E-state index contributed by atoms with van der Waals surface area (Å²) in [6.45, 7) is 8.57. The van der Waals surface area contributed by atoms with E-state index < -0.39 is 0 Å². The summed E-state index contributed by atoms with van der Waals surface area (Å²) < 4.78 is 1.93. The maximum Gasteiger partial charge on any atom is 0.257 e. The van der Waals surface area contributed by atoms with Crippen LogP contribution in [0.4, 0.5) is 0 Å². The Morgan fingerprint density at radius 3 is 2.96 bits per heavy atom. The number of pyridine rings is 1. The molecule has 6 heteroatoms. The number of carbonyl (C=O) groups is 1. The average Bonchev–Trinajstić information content (AvgIpc) is 3.25. The second-order valence-corrected chi connectivity index (χ2v) is 7.63. The monoisotopic (exact) mass is 365 g/mol. The molecule has 0 radical (unpaired) electrons. The number of aromatic nitrogens is 4. The lowest BCUT2D eigenvalue weighted by Crippen LogP contribution is -2.39. The predicted molar refractivity (Wildman–Crippen MR) is 106 cm³/mol.